The molecule has 0 heterocycles. The van der Waals surface area contributed by atoms with Gasteiger partial charge in [0.2, 0.25) is 0 Å². The Kier molecular flexibility index (Phi) is 2.23. The van der Waals surface area contributed by atoms with Gasteiger partial charge in [-0.3, -0.25) is 10.4 Å². The van der Waals surface area contributed by atoms with E-state index in [2.05, 4.69) is 19.3 Å². The third kappa shape index (κ3) is 1.55. The van der Waals surface area contributed by atoms with Crippen LogP contribution in [0.3, 0.4) is 0 Å². The minimum Gasteiger partial charge on any atom is -0.392 e. The molecule has 0 aromatic rings. The highest BCUT2D eigenvalue weighted by Gasteiger charge is 2.47. The molecule has 0 aliphatic heterocycles. The molecule has 0 saturated heterocycles. The van der Waals surface area contributed by atoms with Crippen molar-refractivity contribution in [3.05, 3.63) is 0 Å². The van der Waals surface area contributed by atoms with E-state index in [1.807, 2.05) is 19.1 Å². The Morgan fingerprint density at radius 3 is 2.27 bits per heavy atom. The van der Waals surface area contributed by atoms with E-state index >= 15 is 0 Å². The average Bonchev–Trinajstić information content (AvgIpc) is 1.87. The monoisotopic (exact) mass is 158 g/mol. The first-order chi connectivity index (χ1) is 4.94. The summed E-state index contributed by atoms with van der Waals surface area (Å²) < 4.78 is 0. The van der Waals surface area contributed by atoms with Crippen molar-refractivity contribution in [3.63, 3.8) is 0 Å². The van der Waals surface area contributed by atoms with Crippen LogP contribution in [0.15, 0.2) is 0 Å². The van der Waals surface area contributed by atoms with Crippen molar-refractivity contribution >= 4 is 0 Å². The molecule has 1 saturated carbocycles. The van der Waals surface area contributed by atoms with Crippen LogP contribution >= 0.6 is 0 Å². The molecule has 1 fully saturated rings. The smallest absolute Gasteiger partial charge is 0.0622 e. The van der Waals surface area contributed by atoms with Crippen LogP contribution in [-0.4, -0.2) is 36.4 Å². The number of hydrogen-bond donors (Lipinski definition) is 2. The SMILES string of the molecule is CN(C)NC1CC(O)C1(C)C. The maximum atomic E-state index is 9.40. The lowest BCUT2D eigenvalue weighted by molar-refractivity contribution is -0.0905. The van der Waals surface area contributed by atoms with Gasteiger partial charge in [0.05, 0.1) is 6.10 Å². The summed E-state index contributed by atoms with van der Waals surface area (Å²) in [6.07, 6.45) is 0.727. The summed E-state index contributed by atoms with van der Waals surface area (Å²) >= 11 is 0. The fraction of sp³-hybridized carbons (Fsp3) is 1.00. The summed E-state index contributed by atoms with van der Waals surface area (Å²) in [5.74, 6) is 0. The highest BCUT2D eigenvalue weighted by molar-refractivity contribution is 5.00. The first-order valence-electron chi connectivity index (χ1n) is 4.06. The standard InChI is InChI=1S/C8H18N2O/c1-8(2)6(5-7(8)11)9-10(3)4/h6-7,9,11H,5H2,1-4H3. The van der Waals surface area contributed by atoms with Gasteiger partial charge in [-0.05, 0) is 6.42 Å². The van der Waals surface area contributed by atoms with Crippen molar-refractivity contribution < 1.29 is 5.11 Å². The third-order valence-electron chi connectivity index (χ3n) is 2.63. The van der Waals surface area contributed by atoms with E-state index in [1.54, 1.807) is 0 Å². The lowest BCUT2D eigenvalue weighted by Gasteiger charge is -2.50. The van der Waals surface area contributed by atoms with Crippen LogP contribution < -0.4 is 5.43 Å². The molecule has 0 aromatic heterocycles. The molecule has 2 unspecified atom stereocenters. The zero-order valence-electron chi connectivity index (χ0n) is 7.76. The van der Waals surface area contributed by atoms with Crippen molar-refractivity contribution in [1.29, 1.82) is 0 Å². The molecule has 1 rings (SSSR count). The van der Waals surface area contributed by atoms with Gasteiger partial charge in [-0.25, -0.2) is 0 Å². The second-order valence-electron chi connectivity index (χ2n) is 4.15. The predicted molar refractivity (Wildman–Crippen MR) is 45.0 cm³/mol. The molecule has 66 valence electrons. The van der Waals surface area contributed by atoms with E-state index in [4.69, 9.17) is 0 Å². The van der Waals surface area contributed by atoms with Crippen LogP contribution in [-0.2, 0) is 0 Å². The zero-order valence-corrected chi connectivity index (χ0v) is 7.76. The van der Waals surface area contributed by atoms with Crippen LogP contribution in [0, 0.1) is 5.41 Å². The van der Waals surface area contributed by atoms with Gasteiger partial charge in [-0.15, -0.1) is 0 Å². The Hall–Kier alpha value is -0.120. The highest BCUT2D eigenvalue weighted by Crippen LogP contribution is 2.40. The number of aliphatic hydroxyl groups is 1. The minimum absolute atomic E-state index is 0.0320. The highest BCUT2D eigenvalue weighted by atomic mass is 16.3. The van der Waals surface area contributed by atoms with Crippen LogP contribution in [0.25, 0.3) is 0 Å². The maximum absolute atomic E-state index is 9.40. The topological polar surface area (TPSA) is 35.5 Å². The Bertz CT molecular complexity index is 145. The molecule has 1 aliphatic rings. The summed E-state index contributed by atoms with van der Waals surface area (Å²) in [4.78, 5) is 0. The molecule has 1 aliphatic carbocycles. The lowest BCUT2D eigenvalue weighted by atomic mass is 9.65. The van der Waals surface area contributed by atoms with Crippen molar-refractivity contribution in [1.82, 2.24) is 10.4 Å². The fourth-order valence-corrected chi connectivity index (χ4v) is 1.43. The molecule has 0 radical (unpaired) electrons. The number of aliphatic hydroxyl groups excluding tert-OH is 1. The van der Waals surface area contributed by atoms with E-state index in [-0.39, 0.29) is 11.5 Å². The van der Waals surface area contributed by atoms with Crippen molar-refractivity contribution in [3.8, 4) is 0 Å². The van der Waals surface area contributed by atoms with Crippen LogP contribution in [0.5, 0.6) is 0 Å². The number of nitrogens with zero attached hydrogens (tertiary/aromatic N) is 1. The quantitative estimate of drug-likeness (QED) is 0.564. The summed E-state index contributed by atoms with van der Waals surface area (Å²) in [5.41, 5.74) is 3.31. The van der Waals surface area contributed by atoms with Gasteiger partial charge in [-0.2, -0.15) is 0 Å². The van der Waals surface area contributed by atoms with E-state index < -0.39 is 0 Å². The van der Waals surface area contributed by atoms with Crippen LogP contribution in [0.1, 0.15) is 20.3 Å². The predicted octanol–water partition coefficient (Wildman–Crippen LogP) is 0.212. The lowest BCUT2D eigenvalue weighted by Crippen LogP contribution is -2.62. The van der Waals surface area contributed by atoms with Gasteiger partial charge in [0.1, 0.15) is 0 Å². The molecule has 11 heavy (non-hydrogen) atoms. The van der Waals surface area contributed by atoms with E-state index in [0.29, 0.717) is 6.04 Å². The molecule has 0 amide bonds. The normalized spacial score (nSPS) is 35.5. The maximum Gasteiger partial charge on any atom is 0.0622 e. The Morgan fingerprint density at radius 2 is 2.00 bits per heavy atom. The number of hydrogen-bond acceptors (Lipinski definition) is 3. The summed E-state index contributed by atoms with van der Waals surface area (Å²) in [7, 11) is 3.95. The molecule has 2 N–H and O–H groups in total. The van der Waals surface area contributed by atoms with Gasteiger partial charge in [0, 0.05) is 25.6 Å². The second kappa shape index (κ2) is 2.73. The molecule has 3 heteroatoms. The minimum atomic E-state index is -0.139. The first kappa shape index (κ1) is 8.97. The van der Waals surface area contributed by atoms with Crippen LogP contribution in [0.4, 0.5) is 0 Å². The van der Waals surface area contributed by atoms with E-state index in [9.17, 15) is 5.11 Å². The molecule has 3 nitrogen and oxygen atoms in total. The van der Waals surface area contributed by atoms with Crippen LogP contribution in [0.2, 0.25) is 0 Å². The van der Waals surface area contributed by atoms with E-state index in [1.165, 1.54) is 0 Å². The summed E-state index contributed by atoms with van der Waals surface area (Å²) in [6, 6.07) is 0.424. The summed E-state index contributed by atoms with van der Waals surface area (Å²) in [5, 5.41) is 11.3. The number of nitrogens with one attached hydrogen (secondary N) is 1. The molecule has 0 bridgehead atoms. The Balaban J connectivity index is 2.40. The van der Waals surface area contributed by atoms with Gasteiger partial charge >= 0.3 is 0 Å². The van der Waals surface area contributed by atoms with Gasteiger partial charge in [0.25, 0.3) is 0 Å². The largest absolute Gasteiger partial charge is 0.392 e. The average molecular weight is 158 g/mol. The first-order valence-corrected chi connectivity index (χ1v) is 4.06. The van der Waals surface area contributed by atoms with Crippen molar-refractivity contribution in [2.75, 3.05) is 14.1 Å². The van der Waals surface area contributed by atoms with Crippen molar-refractivity contribution in [2.24, 2.45) is 5.41 Å². The van der Waals surface area contributed by atoms with Crippen molar-refractivity contribution in [2.45, 2.75) is 32.4 Å². The zero-order chi connectivity index (χ0) is 8.65. The Morgan fingerprint density at radius 1 is 1.45 bits per heavy atom. The Labute approximate surface area is 68.4 Å². The molecular formula is C8H18N2O. The van der Waals surface area contributed by atoms with Gasteiger partial charge < -0.3 is 5.11 Å². The fourth-order valence-electron chi connectivity index (χ4n) is 1.43. The van der Waals surface area contributed by atoms with Gasteiger partial charge in [-0.1, -0.05) is 13.8 Å². The number of rotatable bonds is 2. The number of hydrazine groups is 1. The summed E-state index contributed by atoms with van der Waals surface area (Å²) in [6.45, 7) is 4.17. The molecule has 0 aromatic carbocycles. The molecular weight excluding hydrogens is 140 g/mol. The van der Waals surface area contributed by atoms with Gasteiger partial charge in [0.15, 0.2) is 0 Å². The molecule has 2 atom stereocenters. The third-order valence-corrected chi connectivity index (χ3v) is 2.63. The second-order valence-corrected chi connectivity index (χ2v) is 4.15. The van der Waals surface area contributed by atoms with E-state index in [0.717, 1.165) is 6.42 Å². The molecule has 0 spiro atoms.